The molecule has 0 aliphatic carbocycles. The van der Waals surface area contributed by atoms with Crippen molar-refractivity contribution >= 4 is 40.9 Å². The van der Waals surface area contributed by atoms with Crippen LogP contribution in [0.15, 0.2) is 12.1 Å². The first-order valence-electron chi connectivity index (χ1n) is 8.92. The molecule has 2 amide bonds. The minimum Gasteiger partial charge on any atom is -0.444 e. The molecule has 0 radical (unpaired) electrons. The summed E-state index contributed by atoms with van der Waals surface area (Å²) < 4.78 is 5.39. The first kappa shape index (κ1) is 21.7. The highest BCUT2D eigenvalue weighted by atomic mass is 35.5. The van der Waals surface area contributed by atoms with Gasteiger partial charge in [-0.3, -0.25) is 4.79 Å². The van der Waals surface area contributed by atoms with Crippen LogP contribution >= 0.6 is 23.2 Å². The molecule has 1 aliphatic rings. The van der Waals surface area contributed by atoms with Crippen LogP contribution in [0.25, 0.3) is 0 Å². The Morgan fingerprint density at radius 2 is 1.89 bits per heavy atom. The van der Waals surface area contributed by atoms with Gasteiger partial charge in [-0.15, -0.1) is 0 Å². The fraction of sp³-hybridized carbons (Fsp3) is 0.611. The number of pyridine rings is 1. The number of piperidine rings is 1. The van der Waals surface area contributed by atoms with Gasteiger partial charge in [0.15, 0.2) is 5.15 Å². The molecule has 1 aromatic rings. The molecule has 0 unspecified atom stereocenters. The van der Waals surface area contributed by atoms with Gasteiger partial charge in [0.25, 0.3) is 0 Å². The molecule has 2 N–H and O–H groups in total. The highest BCUT2D eigenvalue weighted by Gasteiger charge is 2.28. The summed E-state index contributed by atoms with van der Waals surface area (Å²) in [6.07, 6.45) is 1.21. The van der Waals surface area contributed by atoms with Crippen LogP contribution in [-0.4, -0.2) is 52.7 Å². The van der Waals surface area contributed by atoms with E-state index in [9.17, 15) is 9.59 Å². The van der Waals surface area contributed by atoms with Crippen LogP contribution in [0.2, 0.25) is 10.3 Å². The average molecular weight is 417 g/mol. The lowest BCUT2D eigenvalue weighted by atomic mass is 10.0. The van der Waals surface area contributed by atoms with Crippen LogP contribution in [0.5, 0.6) is 0 Å². The highest BCUT2D eigenvalue weighted by Crippen LogP contribution is 2.22. The zero-order valence-electron chi connectivity index (χ0n) is 16.0. The number of halogens is 2. The lowest BCUT2D eigenvalue weighted by Crippen LogP contribution is -2.50. The van der Waals surface area contributed by atoms with Crippen molar-refractivity contribution in [1.82, 2.24) is 15.2 Å². The van der Waals surface area contributed by atoms with Crippen molar-refractivity contribution in [2.75, 3.05) is 18.4 Å². The van der Waals surface area contributed by atoms with E-state index >= 15 is 0 Å². The number of hydrogen-bond acceptors (Lipinski definition) is 5. The smallest absolute Gasteiger partial charge is 0.410 e. The Morgan fingerprint density at radius 1 is 1.26 bits per heavy atom. The summed E-state index contributed by atoms with van der Waals surface area (Å²) in [6.45, 7) is 8.51. The highest BCUT2D eigenvalue weighted by molar-refractivity contribution is 6.34. The van der Waals surface area contributed by atoms with Crippen molar-refractivity contribution in [2.45, 2.75) is 58.2 Å². The van der Waals surface area contributed by atoms with Gasteiger partial charge in [-0.25, -0.2) is 9.78 Å². The summed E-state index contributed by atoms with van der Waals surface area (Å²) in [5.74, 6) is -0.212. The van der Waals surface area contributed by atoms with Gasteiger partial charge in [0.05, 0.1) is 11.7 Å². The van der Waals surface area contributed by atoms with E-state index in [4.69, 9.17) is 27.9 Å². The summed E-state index contributed by atoms with van der Waals surface area (Å²) in [6, 6.07) is 2.90. The largest absolute Gasteiger partial charge is 0.444 e. The average Bonchev–Trinajstić information content (AvgIpc) is 2.56. The second-order valence-corrected chi connectivity index (χ2v) is 8.34. The van der Waals surface area contributed by atoms with Gasteiger partial charge in [-0.2, -0.15) is 0 Å². The van der Waals surface area contributed by atoms with E-state index in [-0.39, 0.29) is 28.3 Å². The lowest BCUT2D eigenvalue weighted by molar-refractivity contribution is -0.118. The third-order valence-corrected chi connectivity index (χ3v) is 4.60. The standard InChI is InChI=1S/C18H26Cl2N4O3/c1-11(16(25)22-13-5-6-14(19)23-15(13)20)21-12-7-9-24(10-8-12)17(26)27-18(2,3)4/h5-6,11-12,21H,7-10H2,1-4H3,(H,22,25)/t11-/m1/s1. The number of amides is 2. The fourth-order valence-electron chi connectivity index (χ4n) is 2.73. The molecule has 2 heterocycles. The van der Waals surface area contributed by atoms with Crippen LogP contribution in [-0.2, 0) is 9.53 Å². The third-order valence-electron chi connectivity index (χ3n) is 4.10. The first-order chi connectivity index (χ1) is 12.5. The number of ether oxygens (including phenoxy) is 1. The van der Waals surface area contributed by atoms with Crippen LogP contribution in [0.1, 0.15) is 40.5 Å². The van der Waals surface area contributed by atoms with E-state index in [1.165, 1.54) is 0 Å². The number of aromatic nitrogens is 1. The van der Waals surface area contributed by atoms with Crippen LogP contribution in [0.3, 0.4) is 0 Å². The van der Waals surface area contributed by atoms with Crippen LogP contribution in [0, 0.1) is 0 Å². The topological polar surface area (TPSA) is 83.6 Å². The number of nitrogens with zero attached hydrogens (tertiary/aromatic N) is 2. The molecule has 0 saturated carbocycles. The van der Waals surface area contributed by atoms with E-state index in [2.05, 4.69) is 15.6 Å². The molecule has 1 atom stereocenters. The Balaban J connectivity index is 1.80. The van der Waals surface area contributed by atoms with Gasteiger partial charge in [-0.1, -0.05) is 23.2 Å². The predicted molar refractivity (Wildman–Crippen MR) is 106 cm³/mol. The maximum atomic E-state index is 12.4. The quantitative estimate of drug-likeness (QED) is 0.730. The minimum absolute atomic E-state index is 0.142. The van der Waals surface area contributed by atoms with E-state index in [0.717, 1.165) is 12.8 Å². The maximum Gasteiger partial charge on any atom is 0.410 e. The van der Waals surface area contributed by atoms with Gasteiger partial charge in [0.2, 0.25) is 5.91 Å². The predicted octanol–water partition coefficient (Wildman–Crippen LogP) is 3.70. The Kier molecular flexibility index (Phi) is 7.31. The van der Waals surface area contributed by atoms with Crippen molar-refractivity contribution in [3.8, 4) is 0 Å². The molecule has 1 saturated heterocycles. The summed E-state index contributed by atoms with van der Waals surface area (Å²) in [5, 5.41) is 6.45. The monoisotopic (exact) mass is 416 g/mol. The molecule has 9 heteroatoms. The molecule has 1 aromatic heterocycles. The van der Waals surface area contributed by atoms with E-state index in [1.54, 1.807) is 24.0 Å². The summed E-state index contributed by atoms with van der Waals surface area (Å²) in [4.78, 5) is 30.1. The molecule has 1 fully saturated rings. The number of anilines is 1. The van der Waals surface area contributed by atoms with E-state index in [0.29, 0.717) is 18.8 Å². The summed E-state index contributed by atoms with van der Waals surface area (Å²) in [5.41, 5.74) is -0.0872. The zero-order valence-corrected chi connectivity index (χ0v) is 17.5. The number of carbonyl (C=O) groups excluding carboxylic acids is 2. The summed E-state index contributed by atoms with van der Waals surface area (Å²) in [7, 11) is 0. The van der Waals surface area contributed by atoms with Gasteiger partial charge in [-0.05, 0) is 52.7 Å². The van der Waals surface area contributed by atoms with Crippen molar-refractivity contribution in [3.05, 3.63) is 22.4 Å². The number of hydrogen-bond donors (Lipinski definition) is 2. The van der Waals surface area contributed by atoms with Gasteiger partial charge in [0, 0.05) is 19.1 Å². The van der Waals surface area contributed by atoms with Crippen molar-refractivity contribution in [2.24, 2.45) is 0 Å². The molecule has 0 spiro atoms. The SMILES string of the molecule is C[C@@H](NC1CCN(C(=O)OC(C)(C)C)CC1)C(=O)Nc1ccc(Cl)nc1Cl. The second-order valence-electron chi connectivity index (χ2n) is 7.59. The van der Waals surface area contributed by atoms with Crippen molar-refractivity contribution in [1.29, 1.82) is 0 Å². The first-order valence-corrected chi connectivity index (χ1v) is 9.67. The van der Waals surface area contributed by atoms with E-state index < -0.39 is 11.6 Å². The molecule has 2 rings (SSSR count). The number of rotatable bonds is 4. The summed E-state index contributed by atoms with van der Waals surface area (Å²) >= 11 is 11.7. The Bertz CT molecular complexity index is 686. The van der Waals surface area contributed by atoms with Gasteiger partial charge >= 0.3 is 6.09 Å². The fourth-order valence-corrected chi connectivity index (χ4v) is 3.12. The Morgan fingerprint density at radius 3 is 2.44 bits per heavy atom. The Hall–Kier alpha value is -1.57. The number of likely N-dealkylation sites (tertiary alicyclic amines) is 1. The molecule has 0 aromatic carbocycles. The van der Waals surface area contributed by atoms with Crippen LogP contribution in [0.4, 0.5) is 10.5 Å². The Labute approximate surface area is 169 Å². The molecular weight excluding hydrogens is 391 g/mol. The van der Waals surface area contributed by atoms with Crippen LogP contribution < -0.4 is 10.6 Å². The van der Waals surface area contributed by atoms with Gasteiger partial charge < -0.3 is 20.3 Å². The minimum atomic E-state index is -0.503. The zero-order chi connectivity index (χ0) is 20.2. The molecule has 27 heavy (non-hydrogen) atoms. The normalized spacial score (nSPS) is 16.7. The number of carbonyl (C=O) groups is 2. The van der Waals surface area contributed by atoms with Crippen molar-refractivity contribution < 1.29 is 14.3 Å². The second kappa shape index (κ2) is 9.08. The molecule has 7 nitrogen and oxygen atoms in total. The van der Waals surface area contributed by atoms with E-state index in [1.807, 2.05) is 20.8 Å². The lowest BCUT2D eigenvalue weighted by Gasteiger charge is -2.34. The molecule has 150 valence electrons. The third kappa shape index (κ3) is 6.83. The molecular formula is C18H26Cl2N4O3. The van der Waals surface area contributed by atoms with Gasteiger partial charge in [0.1, 0.15) is 10.8 Å². The number of nitrogens with one attached hydrogen (secondary N) is 2. The maximum absolute atomic E-state index is 12.4. The molecule has 0 bridgehead atoms. The molecule has 1 aliphatic heterocycles. The van der Waals surface area contributed by atoms with Crippen molar-refractivity contribution in [3.63, 3.8) is 0 Å².